The highest BCUT2D eigenvalue weighted by molar-refractivity contribution is 6.31. The number of nitrogens with one attached hydrogen (secondary N) is 1. The van der Waals surface area contributed by atoms with E-state index in [1.165, 1.54) is 0 Å². The molecule has 1 aromatic carbocycles. The molecule has 4 nitrogen and oxygen atoms in total. The molecule has 0 aliphatic heterocycles. The van der Waals surface area contributed by atoms with Crippen molar-refractivity contribution in [2.75, 3.05) is 0 Å². The molecule has 0 aliphatic rings. The van der Waals surface area contributed by atoms with Crippen molar-refractivity contribution in [3.8, 4) is 0 Å². The summed E-state index contributed by atoms with van der Waals surface area (Å²) in [7, 11) is 0. The van der Waals surface area contributed by atoms with Gasteiger partial charge in [-0.1, -0.05) is 43.5 Å². The summed E-state index contributed by atoms with van der Waals surface area (Å²) in [5, 5.41) is 12.3. The second-order valence-electron chi connectivity index (χ2n) is 5.18. The van der Waals surface area contributed by atoms with Crippen LogP contribution in [0.1, 0.15) is 43.7 Å². The van der Waals surface area contributed by atoms with Crippen LogP contribution in [-0.2, 0) is 16.0 Å². The smallest absolute Gasteiger partial charge is 0.326 e. The van der Waals surface area contributed by atoms with Crippen molar-refractivity contribution in [1.82, 2.24) is 5.32 Å². The molecule has 0 saturated carbocycles. The fourth-order valence-electron chi connectivity index (χ4n) is 1.98. The second-order valence-corrected chi connectivity index (χ2v) is 5.59. The largest absolute Gasteiger partial charge is 0.480 e. The lowest BCUT2D eigenvalue weighted by atomic mass is 10.1. The van der Waals surface area contributed by atoms with E-state index in [1.54, 1.807) is 0 Å². The van der Waals surface area contributed by atoms with E-state index in [0.717, 1.165) is 24.0 Å². The Morgan fingerprint density at radius 1 is 1.38 bits per heavy atom. The van der Waals surface area contributed by atoms with Crippen molar-refractivity contribution in [2.45, 2.75) is 52.0 Å². The Balaban J connectivity index is 2.48. The molecule has 5 heteroatoms. The van der Waals surface area contributed by atoms with Gasteiger partial charge in [0.1, 0.15) is 6.04 Å². The third-order valence-electron chi connectivity index (χ3n) is 3.36. The number of carboxylic acid groups (broad SMARTS) is 1. The number of hydrogen-bond acceptors (Lipinski definition) is 2. The number of amides is 1. The number of aliphatic carboxylic acids is 1. The number of aryl methyl sites for hydroxylation is 2. The Hall–Kier alpha value is -1.55. The third kappa shape index (κ3) is 6.17. The zero-order valence-corrected chi connectivity index (χ0v) is 13.2. The van der Waals surface area contributed by atoms with Crippen LogP contribution in [0.15, 0.2) is 18.2 Å². The Morgan fingerprint density at radius 2 is 2.10 bits per heavy atom. The average molecular weight is 312 g/mol. The number of halogens is 1. The van der Waals surface area contributed by atoms with Crippen LogP contribution in [0.5, 0.6) is 0 Å². The molecular formula is C16H22ClNO3. The predicted molar refractivity (Wildman–Crippen MR) is 83.6 cm³/mol. The van der Waals surface area contributed by atoms with Gasteiger partial charge in [0, 0.05) is 11.4 Å². The quantitative estimate of drug-likeness (QED) is 0.773. The maximum absolute atomic E-state index is 11.8. The first-order chi connectivity index (χ1) is 9.93. The zero-order valence-electron chi connectivity index (χ0n) is 12.5. The summed E-state index contributed by atoms with van der Waals surface area (Å²) in [5.41, 5.74) is 1.97. The van der Waals surface area contributed by atoms with Gasteiger partial charge >= 0.3 is 5.97 Å². The molecule has 0 bridgehead atoms. The first kappa shape index (κ1) is 17.5. The van der Waals surface area contributed by atoms with Crippen LogP contribution in [-0.4, -0.2) is 23.0 Å². The number of unbranched alkanes of at least 4 members (excludes halogenated alkanes) is 1. The minimum Gasteiger partial charge on any atom is -0.480 e. The van der Waals surface area contributed by atoms with Gasteiger partial charge in [0.2, 0.25) is 5.91 Å². The first-order valence-electron chi connectivity index (χ1n) is 7.21. The van der Waals surface area contributed by atoms with Gasteiger partial charge in [-0.25, -0.2) is 4.79 Å². The average Bonchev–Trinajstić information content (AvgIpc) is 2.44. The maximum Gasteiger partial charge on any atom is 0.326 e. The lowest BCUT2D eigenvalue weighted by molar-refractivity contribution is -0.142. The van der Waals surface area contributed by atoms with E-state index in [2.05, 4.69) is 5.32 Å². The third-order valence-corrected chi connectivity index (χ3v) is 3.76. The molecule has 1 aromatic rings. The number of carbonyl (C=O) groups excluding carboxylic acids is 1. The SMILES string of the molecule is CCCC[C@H](NC(=O)CCc1ccc(C)c(Cl)c1)C(=O)O. The van der Waals surface area contributed by atoms with Crippen molar-refractivity contribution in [3.05, 3.63) is 34.3 Å². The normalized spacial score (nSPS) is 12.0. The number of carbonyl (C=O) groups is 2. The highest BCUT2D eigenvalue weighted by Gasteiger charge is 2.18. The van der Waals surface area contributed by atoms with E-state index in [4.69, 9.17) is 16.7 Å². The van der Waals surface area contributed by atoms with Crippen LogP contribution >= 0.6 is 11.6 Å². The van der Waals surface area contributed by atoms with Crippen LogP contribution < -0.4 is 5.32 Å². The number of carboxylic acids is 1. The second kappa shape index (κ2) is 8.67. The van der Waals surface area contributed by atoms with Crippen LogP contribution in [0.3, 0.4) is 0 Å². The molecule has 0 unspecified atom stereocenters. The Kier molecular flexibility index (Phi) is 7.23. The molecule has 1 rings (SSSR count). The van der Waals surface area contributed by atoms with Gasteiger partial charge in [0.15, 0.2) is 0 Å². The van der Waals surface area contributed by atoms with Gasteiger partial charge in [-0.2, -0.15) is 0 Å². The van der Waals surface area contributed by atoms with Gasteiger partial charge in [-0.05, 0) is 37.0 Å². The summed E-state index contributed by atoms with van der Waals surface area (Å²) in [6.07, 6.45) is 2.96. The molecule has 0 aliphatic carbocycles. The lowest BCUT2D eigenvalue weighted by Crippen LogP contribution is -2.40. The van der Waals surface area contributed by atoms with Crippen molar-refractivity contribution in [3.63, 3.8) is 0 Å². The fraction of sp³-hybridized carbons (Fsp3) is 0.500. The van der Waals surface area contributed by atoms with Gasteiger partial charge in [0.05, 0.1) is 0 Å². The summed E-state index contributed by atoms with van der Waals surface area (Å²) in [6, 6.07) is 4.90. The summed E-state index contributed by atoms with van der Waals surface area (Å²) >= 11 is 6.03. The van der Waals surface area contributed by atoms with Gasteiger partial charge in [-0.3, -0.25) is 4.79 Å². The fourth-order valence-corrected chi connectivity index (χ4v) is 2.19. The molecule has 0 spiro atoms. The minimum absolute atomic E-state index is 0.241. The number of benzene rings is 1. The van der Waals surface area contributed by atoms with Crippen LogP contribution in [0.4, 0.5) is 0 Å². The standard InChI is InChI=1S/C16H22ClNO3/c1-3-4-5-14(16(20)21)18-15(19)9-8-12-7-6-11(2)13(17)10-12/h6-7,10,14H,3-5,8-9H2,1-2H3,(H,18,19)(H,20,21)/t14-/m0/s1. The van der Waals surface area contributed by atoms with Gasteiger partial charge in [0.25, 0.3) is 0 Å². The van der Waals surface area contributed by atoms with E-state index in [0.29, 0.717) is 17.9 Å². The molecule has 0 aromatic heterocycles. The highest BCUT2D eigenvalue weighted by Crippen LogP contribution is 2.17. The van der Waals surface area contributed by atoms with Crippen molar-refractivity contribution in [2.24, 2.45) is 0 Å². The molecule has 0 fully saturated rings. The van der Waals surface area contributed by atoms with E-state index in [1.807, 2.05) is 32.0 Å². The van der Waals surface area contributed by atoms with Crippen molar-refractivity contribution < 1.29 is 14.7 Å². The van der Waals surface area contributed by atoms with Gasteiger partial charge < -0.3 is 10.4 Å². The van der Waals surface area contributed by atoms with Crippen molar-refractivity contribution >= 4 is 23.5 Å². The molecule has 0 saturated heterocycles. The topological polar surface area (TPSA) is 66.4 Å². The highest BCUT2D eigenvalue weighted by atomic mass is 35.5. The Bertz CT molecular complexity index is 502. The summed E-state index contributed by atoms with van der Waals surface area (Å²) in [4.78, 5) is 22.9. The Labute approximate surface area is 130 Å². The summed E-state index contributed by atoms with van der Waals surface area (Å²) in [6.45, 7) is 3.91. The van der Waals surface area contributed by atoms with Crippen LogP contribution in [0.25, 0.3) is 0 Å². The molecule has 1 atom stereocenters. The molecule has 116 valence electrons. The van der Waals surface area contributed by atoms with E-state index >= 15 is 0 Å². The first-order valence-corrected chi connectivity index (χ1v) is 7.59. The monoisotopic (exact) mass is 311 g/mol. The lowest BCUT2D eigenvalue weighted by Gasteiger charge is -2.14. The Morgan fingerprint density at radius 3 is 2.67 bits per heavy atom. The van der Waals surface area contributed by atoms with Crippen LogP contribution in [0, 0.1) is 6.92 Å². The van der Waals surface area contributed by atoms with E-state index < -0.39 is 12.0 Å². The van der Waals surface area contributed by atoms with Crippen LogP contribution in [0.2, 0.25) is 5.02 Å². The summed E-state index contributed by atoms with van der Waals surface area (Å²) in [5.74, 6) is -1.22. The molecule has 21 heavy (non-hydrogen) atoms. The minimum atomic E-state index is -0.977. The molecule has 0 heterocycles. The molecular weight excluding hydrogens is 290 g/mol. The maximum atomic E-state index is 11.8. The zero-order chi connectivity index (χ0) is 15.8. The molecule has 0 radical (unpaired) electrons. The molecule has 2 N–H and O–H groups in total. The predicted octanol–water partition coefficient (Wildman–Crippen LogP) is 3.34. The van der Waals surface area contributed by atoms with E-state index in [-0.39, 0.29) is 12.3 Å². The van der Waals surface area contributed by atoms with Gasteiger partial charge in [-0.15, -0.1) is 0 Å². The molecule has 1 amide bonds. The number of rotatable bonds is 8. The summed E-state index contributed by atoms with van der Waals surface area (Å²) < 4.78 is 0. The van der Waals surface area contributed by atoms with Crippen molar-refractivity contribution in [1.29, 1.82) is 0 Å². The number of hydrogen-bond donors (Lipinski definition) is 2. The van der Waals surface area contributed by atoms with E-state index in [9.17, 15) is 9.59 Å².